The Morgan fingerprint density at radius 1 is 1.00 bits per heavy atom. The number of halogens is 1. The Labute approximate surface area is 215 Å². The van der Waals surface area contributed by atoms with Gasteiger partial charge in [0.1, 0.15) is 23.5 Å². The van der Waals surface area contributed by atoms with Crippen molar-refractivity contribution in [3.63, 3.8) is 0 Å². The van der Waals surface area contributed by atoms with Crippen LogP contribution in [0.1, 0.15) is 23.3 Å². The molecule has 5 rings (SSSR count). The van der Waals surface area contributed by atoms with Gasteiger partial charge in [-0.1, -0.05) is 36.0 Å². The lowest BCUT2D eigenvalue weighted by Gasteiger charge is -2.25. The van der Waals surface area contributed by atoms with Crippen LogP contribution in [0.5, 0.6) is 0 Å². The summed E-state index contributed by atoms with van der Waals surface area (Å²) in [4.78, 5) is 48.8. The molecular formula is C26H22FN5O4S. The molecule has 2 aromatic carbocycles. The van der Waals surface area contributed by atoms with Crippen molar-refractivity contribution in [2.24, 2.45) is 9.98 Å². The molecule has 1 atom stereocenters. The lowest BCUT2D eigenvalue weighted by molar-refractivity contribution is -0.128. The van der Waals surface area contributed by atoms with Gasteiger partial charge in [-0.2, -0.15) is 0 Å². The second kappa shape index (κ2) is 10.8. The van der Waals surface area contributed by atoms with Gasteiger partial charge in [0.2, 0.25) is 11.8 Å². The maximum absolute atomic E-state index is 13.3. The molecule has 2 aliphatic rings. The third kappa shape index (κ3) is 5.61. The average molecular weight is 520 g/mol. The Hall–Kier alpha value is -4.25. The highest BCUT2D eigenvalue weighted by Gasteiger charge is 2.42. The molecule has 3 aromatic rings. The summed E-state index contributed by atoms with van der Waals surface area (Å²) < 4.78 is 18.3. The van der Waals surface area contributed by atoms with Crippen molar-refractivity contribution in [1.29, 1.82) is 0 Å². The van der Waals surface area contributed by atoms with Gasteiger partial charge in [0.05, 0.1) is 30.7 Å². The van der Waals surface area contributed by atoms with Gasteiger partial charge in [-0.15, -0.1) is 0 Å². The Morgan fingerprint density at radius 3 is 2.57 bits per heavy atom. The summed E-state index contributed by atoms with van der Waals surface area (Å²) in [6.45, 7) is 0.463. The summed E-state index contributed by atoms with van der Waals surface area (Å²) in [5.74, 6) is -0.277. The van der Waals surface area contributed by atoms with E-state index < -0.39 is 6.04 Å². The zero-order chi connectivity index (χ0) is 25.8. The lowest BCUT2D eigenvalue weighted by Crippen LogP contribution is -2.42. The summed E-state index contributed by atoms with van der Waals surface area (Å²) in [7, 11) is 0. The van der Waals surface area contributed by atoms with Crippen molar-refractivity contribution >= 4 is 46.2 Å². The standard InChI is InChI=1S/C26H22FN5O4S/c27-17-9-7-16(8-10-17)13-28-22(33)12-21-25(35)32-24(30-21)19-5-1-2-6-20(19)31-26(32)37-15-23(34)29-14-18-4-3-11-36-18/h1-11,21H,12-15H2,(H,28,33)(H,29,34)/t21-/m0/s1. The fourth-order valence-corrected chi connectivity index (χ4v) is 4.69. The molecule has 11 heteroatoms. The first kappa shape index (κ1) is 24.4. The maximum atomic E-state index is 13.3. The lowest BCUT2D eigenvalue weighted by atomic mass is 10.1. The van der Waals surface area contributed by atoms with E-state index in [9.17, 15) is 18.8 Å². The molecule has 0 fully saturated rings. The van der Waals surface area contributed by atoms with Crippen LogP contribution in [0.3, 0.4) is 0 Å². The quantitative estimate of drug-likeness (QED) is 0.474. The van der Waals surface area contributed by atoms with E-state index in [0.29, 0.717) is 28.0 Å². The van der Waals surface area contributed by atoms with Gasteiger partial charge >= 0.3 is 0 Å². The molecule has 9 nitrogen and oxygen atoms in total. The Kier molecular flexibility index (Phi) is 7.13. The number of hydrogen-bond donors (Lipinski definition) is 2. The molecule has 1 aromatic heterocycles. The Bertz CT molecular complexity index is 1390. The number of fused-ring (bicyclic) bond motifs is 3. The first-order chi connectivity index (χ1) is 18.0. The van der Waals surface area contributed by atoms with Crippen molar-refractivity contribution in [3.05, 3.63) is 89.6 Å². The number of aliphatic imine (C=N–C) groups is 2. The van der Waals surface area contributed by atoms with Crippen LogP contribution in [-0.2, 0) is 27.5 Å². The van der Waals surface area contributed by atoms with E-state index >= 15 is 0 Å². The van der Waals surface area contributed by atoms with Crippen LogP contribution in [0.4, 0.5) is 10.1 Å². The van der Waals surface area contributed by atoms with E-state index in [1.807, 2.05) is 18.2 Å². The zero-order valence-corrected chi connectivity index (χ0v) is 20.3. The highest BCUT2D eigenvalue weighted by molar-refractivity contribution is 8.14. The molecule has 0 aliphatic carbocycles. The SMILES string of the molecule is O=C(CSC1=Nc2ccccc2C2=N[C@@H](CC(=O)NCc3ccc(F)cc3)C(=O)N12)NCc1ccco1. The van der Waals surface area contributed by atoms with Crippen LogP contribution < -0.4 is 10.6 Å². The number of furan rings is 1. The summed E-state index contributed by atoms with van der Waals surface area (Å²) in [6.07, 6.45) is 1.38. The second-order valence-corrected chi connectivity index (χ2v) is 9.25. The summed E-state index contributed by atoms with van der Waals surface area (Å²) in [6, 6.07) is 15.6. The third-order valence-electron chi connectivity index (χ3n) is 5.70. The monoisotopic (exact) mass is 519 g/mol. The molecule has 2 aliphatic heterocycles. The van der Waals surface area contributed by atoms with E-state index in [-0.39, 0.29) is 48.8 Å². The van der Waals surface area contributed by atoms with Gasteiger partial charge in [0.25, 0.3) is 5.91 Å². The number of nitrogens with one attached hydrogen (secondary N) is 2. The minimum Gasteiger partial charge on any atom is -0.467 e. The van der Waals surface area contributed by atoms with Crippen LogP contribution in [0, 0.1) is 5.82 Å². The molecule has 3 heterocycles. The van der Waals surface area contributed by atoms with Gasteiger partial charge in [-0.3, -0.25) is 19.4 Å². The minimum absolute atomic E-state index is 0.0294. The number of benzene rings is 2. The molecule has 37 heavy (non-hydrogen) atoms. The number of nitrogens with zero attached hydrogens (tertiary/aromatic N) is 3. The van der Waals surface area contributed by atoms with Crippen molar-refractivity contribution in [2.75, 3.05) is 5.75 Å². The van der Waals surface area contributed by atoms with Crippen LogP contribution in [0.25, 0.3) is 0 Å². The molecule has 0 spiro atoms. The number of hydrogen-bond acceptors (Lipinski definition) is 7. The highest BCUT2D eigenvalue weighted by Crippen LogP contribution is 2.34. The fraction of sp³-hybridized carbons (Fsp3) is 0.192. The van der Waals surface area contributed by atoms with Crippen LogP contribution in [0.2, 0.25) is 0 Å². The zero-order valence-electron chi connectivity index (χ0n) is 19.5. The molecular weight excluding hydrogens is 497 g/mol. The summed E-state index contributed by atoms with van der Waals surface area (Å²) >= 11 is 1.12. The van der Waals surface area contributed by atoms with Gasteiger partial charge in [0, 0.05) is 12.1 Å². The summed E-state index contributed by atoms with van der Waals surface area (Å²) in [5, 5.41) is 5.83. The minimum atomic E-state index is -0.923. The molecule has 3 amide bonds. The van der Waals surface area contributed by atoms with Gasteiger partial charge in [-0.05, 0) is 42.0 Å². The van der Waals surface area contributed by atoms with Crippen molar-refractivity contribution < 1.29 is 23.2 Å². The molecule has 188 valence electrons. The number of thioether (sulfide) groups is 1. The van der Waals surface area contributed by atoms with Crippen molar-refractivity contribution in [3.8, 4) is 0 Å². The largest absolute Gasteiger partial charge is 0.467 e. The van der Waals surface area contributed by atoms with Gasteiger partial charge in [-0.25, -0.2) is 14.3 Å². The number of para-hydroxylation sites is 1. The van der Waals surface area contributed by atoms with E-state index in [1.54, 1.807) is 30.3 Å². The molecule has 2 N–H and O–H groups in total. The first-order valence-electron chi connectivity index (χ1n) is 11.5. The Balaban J connectivity index is 1.25. The van der Waals surface area contributed by atoms with E-state index in [0.717, 1.165) is 17.3 Å². The van der Waals surface area contributed by atoms with Crippen LogP contribution in [-0.4, -0.2) is 45.4 Å². The predicted molar refractivity (Wildman–Crippen MR) is 137 cm³/mol. The third-order valence-corrected chi connectivity index (χ3v) is 6.64. The van der Waals surface area contributed by atoms with Crippen LogP contribution >= 0.6 is 11.8 Å². The normalized spacial score (nSPS) is 16.0. The van der Waals surface area contributed by atoms with E-state index in [4.69, 9.17) is 4.42 Å². The average Bonchev–Trinajstić information content (AvgIpc) is 3.54. The second-order valence-electron chi connectivity index (χ2n) is 8.31. The van der Waals surface area contributed by atoms with Crippen molar-refractivity contribution in [1.82, 2.24) is 15.5 Å². The van der Waals surface area contributed by atoms with Gasteiger partial charge < -0.3 is 15.1 Å². The fourth-order valence-electron chi connectivity index (χ4n) is 3.86. The number of amidine groups is 2. The summed E-state index contributed by atoms with van der Waals surface area (Å²) in [5.41, 5.74) is 2.04. The van der Waals surface area contributed by atoms with Crippen LogP contribution in [0.15, 0.2) is 81.3 Å². The predicted octanol–water partition coefficient (Wildman–Crippen LogP) is 3.13. The number of amides is 3. The maximum Gasteiger partial charge on any atom is 0.259 e. The van der Waals surface area contributed by atoms with E-state index in [2.05, 4.69) is 20.6 Å². The highest BCUT2D eigenvalue weighted by atomic mass is 32.2. The first-order valence-corrected chi connectivity index (χ1v) is 12.5. The molecule has 0 radical (unpaired) electrons. The molecule has 0 saturated carbocycles. The number of rotatable bonds is 8. The molecule has 0 saturated heterocycles. The number of carbonyl (C=O) groups excluding carboxylic acids is 3. The smallest absolute Gasteiger partial charge is 0.259 e. The topological polar surface area (TPSA) is 116 Å². The van der Waals surface area contributed by atoms with Gasteiger partial charge in [0.15, 0.2) is 5.17 Å². The van der Waals surface area contributed by atoms with E-state index in [1.165, 1.54) is 23.3 Å². The number of carbonyl (C=O) groups is 3. The van der Waals surface area contributed by atoms with Crippen molar-refractivity contribution in [2.45, 2.75) is 25.6 Å². The Morgan fingerprint density at radius 2 is 1.78 bits per heavy atom. The molecule has 0 unspecified atom stereocenters. The molecule has 0 bridgehead atoms.